The minimum absolute atomic E-state index is 0.00748. The minimum atomic E-state index is -0.525. The van der Waals surface area contributed by atoms with Crippen molar-refractivity contribution in [1.82, 2.24) is 19.7 Å². The molecule has 0 aliphatic carbocycles. The zero-order valence-electron chi connectivity index (χ0n) is 22.3. The van der Waals surface area contributed by atoms with Gasteiger partial charge in [-0.05, 0) is 56.4 Å². The van der Waals surface area contributed by atoms with E-state index in [0.717, 1.165) is 37.2 Å². The first-order valence-electron chi connectivity index (χ1n) is 13.3. The number of carbonyl (C=O) groups excluding carboxylic acids is 2. The van der Waals surface area contributed by atoms with E-state index in [1.165, 1.54) is 23.7 Å². The van der Waals surface area contributed by atoms with Crippen LogP contribution in [0.3, 0.4) is 0 Å². The maximum atomic E-state index is 13.1. The summed E-state index contributed by atoms with van der Waals surface area (Å²) in [5.41, 5.74) is 3.16. The number of rotatable bonds is 9. The summed E-state index contributed by atoms with van der Waals surface area (Å²) in [6, 6.07) is 17.0. The molecule has 1 aromatic heterocycles. The Bertz CT molecular complexity index is 1330. The van der Waals surface area contributed by atoms with Gasteiger partial charge in [0.2, 0.25) is 11.1 Å². The van der Waals surface area contributed by atoms with Crippen molar-refractivity contribution in [2.75, 3.05) is 31.6 Å². The van der Waals surface area contributed by atoms with Crippen LogP contribution in [0.25, 0.3) is 0 Å². The van der Waals surface area contributed by atoms with Crippen LogP contribution in [0.5, 0.6) is 5.75 Å². The molecule has 3 heterocycles. The average molecular weight is 548 g/mol. The Morgan fingerprint density at radius 2 is 1.79 bits per heavy atom. The summed E-state index contributed by atoms with van der Waals surface area (Å²) in [6.07, 6.45) is 3.26. The topological polar surface area (TPSA) is 98.6 Å². The van der Waals surface area contributed by atoms with Crippen LogP contribution in [0.15, 0.2) is 71.0 Å². The van der Waals surface area contributed by atoms with E-state index in [-0.39, 0.29) is 19.1 Å². The fourth-order valence-corrected chi connectivity index (χ4v) is 5.61. The quantitative estimate of drug-likeness (QED) is 0.301. The third-order valence-electron chi connectivity index (χ3n) is 6.81. The Hall–Kier alpha value is -3.79. The van der Waals surface area contributed by atoms with Gasteiger partial charge in [-0.25, -0.2) is 9.48 Å². The SMILES string of the molecule is CCOC(=O)C1=C(C)Nc2nc(SCc3ccccc3)nn2C1c1ccc(OCC(=O)N2CCCCC2)cc1. The molecule has 5 rings (SSSR count). The van der Waals surface area contributed by atoms with Gasteiger partial charge in [0.05, 0.1) is 12.2 Å². The third-order valence-corrected chi connectivity index (χ3v) is 7.71. The lowest BCUT2D eigenvalue weighted by Crippen LogP contribution is -2.38. The summed E-state index contributed by atoms with van der Waals surface area (Å²) >= 11 is 1.54. The molecule has 39 heavy (non-hydrogen) atoms. The van der Waals surface area contributed by atoms with E-state index >= 15 is 0 Å². The number of likely N-dealkylation sites (tertiary alicyclic amines) is 1. The standard InChI is InChI=1S/C29H33N5O4S/c1-3-37-27(36)25-20(2)30-28-31-29(39-19-21-10-6-4-7-11-21)32-34(28)26(25)22-12-14-23(15-13-22)38-18-24(35)33-16-8-5-9-17-33/h4,6-7,10-15,26H,3,5,8-9,16-19H2,1-2H3,(H,30,31,32). The van der Waals surface area contributed by atoms with Gasteiger partial charge in [-0.2, -0.15) is 4.98 Å². The number of hydrogen-bond acceptors (Lipinski definition) is 8. The molecule has 1 atom stereocenters. The fourth-order valence-electron chi connectivity index (χ4n) is 4.82. The summed E-state index contributed by atoms with van der Waals surface area (Å²) in [7, 11) is 0. The molecular formula is C29H33N5O4S. The van der Waals surface area contributed by atoms with Crippen molar-refractivity contribution in [2.45, 2.75) is 50.1 Å². The maximum Gasteiger partial charge on any atom is 0.338 e. The van der Waals surface area contributed by atoms with Crippen LogP contribution in [0, 0.1) is 0 Å². The molecule has 1 unspecified atom stereocenters. The Balaban J connectivity index is 1.36. The molecule has 2 aliphatic rings. The van der Waals surface area contributed by atoms with Crippen molar-refractivity contribution in [3.8, 4) is 5.75 Å². The van der Waals surface area contributed by atoms with Crippen LogP contribution < -0.4 is 10.1 Å². The Morgan fingerprint density at radius 1 is 1.05 bits per heavy atom. The molecule has 204 valence electrons. The molecule has 0 spiro atoms. The number of hydrogen-bond donors (Lipinski definition) is 1. The predicted octanol–water partition coefficient (Wildman–Crippen LogP) is 4.81. The van der Waals surface area contributed by atoms with Gasteiger partial charge >= 0.3 is 5.97 Å². The highest BCUT2D eigenvalue weighted by atomic mass is 32.2. The van der Waals surface area contributed by atoms with Gasteiger partial charge in [-0.15, -0.1) is 5.10 Å². The average Bonchev–Trinajstić information content (AvgIpc) is 3.38. The lowest BCUT2D eigenvalue weighted by Gasteiger charge is -2.28. The van der Waals surface area contributed by atoms with Crippen molar-refractivity contribution in [3.05, 3.63) is 77.0 Å². The first-order chi connectivity index (χ1) is 19.0. The predicted molar refractivity (Wildman–Crippen MR) is 149 cm³/mol. The highest BCUT2D eigenvalue weighted by Gasteiger charge is 2.35. The van der Waals surface area contributed by atoms with Crippen LogP contribution in [0.4, 0.5) is 5.95 Å². The normalized spacial score (nSPS) is 16.9. The number of thioether (sulfide) groups is 1. The van der Waals surface area contributed by atoms with Crippen LogP contribution in [0.2, 0.25) is 0 Å². The zero-order valence-corrected chi connectivity index (χ0v) is 23.1. The van der Waals surface area contributed by atoms with Gasteiger partial charge < -0.3 is 19.7 Å². The van der Waals surface area contributed by atoms with Crippen molar-refractivity contribution in [2.24, 2.45) is 0 Å². The molecule has 1 amide bonds. The molecular weight excluding hydrogens is 514 g/mol. The molecule has 9 nitrogen and oxygen atoms in total. The number of carbonyl (C=O) groups is 2. The Labute approximate surface area is 232 Å². The van der Waals surface area contributed by atoms with E-state index in [1.807, 2.05) is 54.3 Å². The number of nitrogens with one attached hydrogen (secondary N) is 1. The summed E-state index contributed by atoms with van der Waals surface area (Å²) in [4.78, 5) is 32.1. The van der Waals surface area contributed by atoms with E-state index in [4.69, 9.17) is 19.6 Å². The van der Waals surface area contributed by atoms with Crippen molar-refractivity contribution < 1.29 is 19.1 Å². The number of ether oxygens (including phenoxy) is 2. The second-order valence-corrected chi connectivity index (χ2v) is 10.5. The van der Waals surface area contributed by atoms with Gasteiger partial charge in [0.25, 0.3) is 5.91 Å². The van der Waals surface area contributed by atoms with Crippen molar-refractivity contribution in [3.63, 3.8) is 0 Å². The monoisotopic (exact) mass is 547 g/mol. The summed E-state index contributed by atoms with van der Waals surface area (Å²) in [6.45, 7) is 5.50. The van der Waals surface area contributed by atoms with E-state index in [0.29, 0.717) is 28.1 Å². The second kappa shape index (κ2) is 12.4. The van der Waals surface area contributed by atoms with E-state index in [2.05, 4.69) is 17.4 Å². The second-order valence-electron chi connectivity index (χ2n) is 9.52. The molecule has 1 N–H and O–H groups in total. The van der Waals surface area contributed by atoms with Gasteiger partial charge in [-0.1, -0.05) is 54.2 Å². The van der Waals surface area contributed by atoms with Crippen molar-refractivity contribution >= 4 is 29.6 Å². The third kappa shape index (κ3) is 6.27. The number of amides is 1. The molecule has 2 aliphatic heterocycles. The molecule has 0 saturated carbocycles. The van der Waals surface area contributed by atoms with E-state index in [9.17, 15) is 9.59 Å². The molecule has 10 heteroatoms. The minimum Gasteiger partial charge on any atom is -0.484 e. The smallest absolute Gasteiger partial charge is 0.338 e. The molecule has 0 radical (unpaired) electrons. The number of anilines is 1. The first kappa shape index (κ1) is 26.8. The zero-order chi connectivity index (χ0) is 27.2. The van der Waals surface area contributed by atoms with E-state index < -0.39 is 12.0 Å². The van der Waals surface area contributed by atoms with Crippen LogP contribution in [-0.2, 0) is 20.1 Å². The first-order valence-corrected chi connectivity index (χ1v) is 14.3. The number of benzene rings is 2. The lowest BCUT2D eigenvalue weighted by atomic mass is 9.96. The molecule has 1 fully saturated rings. The van der Waals surface area contributed by atoms with E-state index in [1.54, 1.807) is 11.6 Å². The summed E-state index contributed by atoms with van der Waals surface area (Å²) in [5, 5.41) is 8.61. The van der Waals surface area contributed by atoms with Gasteiger partial charge in [0.15, 0.2) is 6.61 Å². The molecule has 2 aromatic carbocycles. The van der Waals surface area contributed by atoms with Crippen LogP contribution in [0.1, 0.15) is 50.3 Å². The number of esters is 1. The molecule has 3 aromatic rings. The molecule has 0 bridgehead atoms. The van der Waals surface area contributed by atoms with Crippen LogP contribution in [-0.4, -0.2) is 57.8 Å². The molecule has 1 saturated heterocycles. The largest absolute Gasteiger partial charge is 0.484 e. The lowest BCUT2D eigenvalue weighted by molar-refractivity contribution is -0.139. The number of aromatic nitrogens is 3. The number of piperidine rings is 1. The van der Waals surface area contributed by atoms with Gasteiger partial charge in [0, 0.05) is 24.5 Å². The number of allylic oxidation sites excluding steroid dienone is 1. The highest BCUT2D eigenvalue weighted by molar-refractivity contribution is 7.98. The Morgan fingerprint density at radius 3 is 2.51 bits per heavy atom. The summed E-state index contributed by atoms with van der Waals surface area (Å²) in [5.74, 6) is 1.49. The Kier molecular flexibility index (Phi) is 8.51. The highest BCUT2D eigenvalue weighted by Crippen LogP contribution is 2.37. The van der Waals surface area contributed by atoms with Crippen molar-refractivity contribution in [1.29, 1.82) is 0 Å². The fraction of sp³-hybridized carbons (Fsp3) is 0.379. The van der Waals surface area contributed by atoms with Gasteiger partial charge in [-0.3, -0.25) is 4.79 Å². The number of fused-ring (bicyclic) bond motifs is 1. The van der Waals surface area contributed by atoms with Crippen LogP contribution >= 0.6 is 11.8 Å². The summed E-state index contributed by atoms with van der Waals surface area (Å²) < 4.78 is 12.9. The van der Waals surface area contributed by atoms with Gasteiger partial charge in [0.1, 0.15) is 11.8 Å². The number of nitrogens with zero attached hydrogens (tertiary/aromatic N) is 4. The maximum absolute atomic E-state index is 13.1.